The number of rotatable bonds is 3. The second-order valence-electron chi connectivity index (χ2n) is 3.41. The van der Waals surface area contributed by atoms with Crippen LogP contribution in [-0.4, -0.2) is 18.8 Å². The van der Waals surface area contributed by atoms with E-state index in [2.05, 4.69) is 0 Å². The summed E-state index contributed by atoms with van der Waals surface area (Å²) in [5.74, 6) is 0.0470. The molecule has 0 aliphatic carbocycles. The molecule has 84 valence electrons. The normalized spacial score (nSPS) is 14.7. The number of methoxy groups -OCH3 is 1. The fraction of sp³-hybridized carbons (Fsp3) is 0.400. The van der Waals surface area contributed by atoms with Gasteiger partial charge in [0.2, 0.25) is 0 Å². The molecule has 5 heteroatoms. The van der Waals surface area contributed by atoms with Gasteiger partial charge in [-0.1, -0.05) is 11.6 Å². The summed E-state index contributed by atoms with van der Waals surface area (Å²) in [6.45, 7) is 1.10. The fourth-order valence-corrected chi connectivity index (χ4v) is 1.57. The smallest absolute Gasteiger partial charge is 0.161 e. The number of alkyl halides is 1. The molecule has 0 saturated carbocycles. The first-order chi connectivity index (χ1) is 6.92. The molecule has 1 aromatic rings. The lowest BCUT2D eigenvalue weighted by Gasteiger charge is -2.20. The molecule has 0 bridgehead atoms. The summed E-state index contributed by atoms with van der Waals surface area (Å²) in [5.41, 5.74) is 3.68. The maximum Gasteiger partial charge on any atom is 0.161 e. The highest BCUT2D eigenvalue weighted by atomic mass is 35.5. The summed E-state index contributed by atoms with van der Waals surface area (Å²) in [6, 6.07) is 2.59. The Morgan fingerprint density at radius 2 is 2.20 bits per heavy atom. The topological polar surface area (TPSA) is 55.5 Å². The lowest BCUT2D eigenvalue weighted by Crippen LogP contribution is -2.26. The lowest BCUT2D eigenvalue weighted by molar-refractivity contribution is 0.202. The first kappa shape index (κ1) is 12.1. The van der Waals surface area contributed by atoms with Crippen LogP contribution in [0.2, 0.25) is 5.02 Å². The third-order valence-corrected chi connectivity index (χ3v) is 2.53. The van der Waals surface area contributed by atoms with Crippen LogP contribution in [0.15, 0.2) is 12.1 Å². The minimum Gasteiger partial charge on any atom is -0.504 e. The van der Waals surface area contributed by atoms with Gasteiger partial charge in [-0.25, -0.2) is 4.39 Å². The molecule has 1 atom stereocenters. The number of phenolic OH excluding ortho intramolecular Hbond substituents is 1. The Morgan fingerprint density at radius 1 is 1.60 bits per heavy atom. The molecule has 0 heterocycles. The van der Waals surface area contributed by atoms with Gasteiger partial charge in [-0.15, -0.1) is 0 Å². The van der Waals surface area contributed by atoms with E-state index in [0.717, 1.165) is 0 Å². The zero-order valence-electron chi connectivity index (χ0n) is 8.55. The Hall–Kier alpha value is -1.00. The summed E-state index contributed by atoms with van der Waals surface area (Å²) in [4.78, 5) is 0. The minimum atomic E-state index is -1.76. The standard InChI is InChI=1S/C10H13ClFNO2/c1-10(12,5-13)6-3-8(14)9(15-2)4-7(6)11/h3-4,14H,5,13H2,1-2H3. The molecule has 1 aromatic carbocycles. The molecule has 0 aliphatic rings. The van der Waals surface area contributed by atoms with E-state index in [1.807, 2.05) is 0 Å². The zero-order chi connectivity index (χ0) is 11.6. The predicted octanol–water partition coefficient (Wildman–Crippen LogP) is 2.20. The van der Waals surface area contributed by atoms with Crippen LogP contribution in [0.5, 0.6) is 11.5 Å². The summed E-state index contributed by atoms with van der Waals surface area (Å²) in [5, 5.41) is 9.66. The molecular weight excluding hydrogens is 221 g/mol. The lowest BCUT2D eigenvalue weighted by atomic mass is 9.97. The van der Waals surface area contributed by atoms with Gasteiger partial charge in [0, 0.05) is 18.2 Å². The average molecular weight is 234 g/mol. The molecule has 3 nitrogen and oxygen atoms in total. The summed E-state index contributed by atoms with van der Waals surface area (Å²) in [7, 11) is 1.39. The molecule has 0 amide bonds. The van der Waals surface area contributed by atoms with E-state index in [-0.39, 0.29) is 28.6 Å². The van der Waals surface area contributed by atoms with Crippen LogP contribution in [0.25, 0.3) is 0 Å². The van der Waals surface area contributed by atoms with Crippen LogP contribution in [-0.2, 0) is 5.67 Å². The summed E-state index contributed by atoms with van der Waals surface area (Å²) >= 11 is 5.86. The molecule has 0 saturated heterocycles. The SMILES string of the molecule is COc1cc(Cl)c(C(C)(F)CN)cc1O. The Balaban J connectivity index is 3.28. The quantitative estimate of drug-likeness (QED) is 0.842. The van der Waals surface area contributed by atoms with Crippen LogP contribution in [0.4, 0.5) is 4.39 Å². The predicted molar refractivity (Wildman–Crippen MR) is 57.2 cm³/mol. The Kier molecular flexibility index (Phi) is 3.42. The van der Waals surface area contributed by atoms with Gasteiger partial charge in [0.1, 0.15) is 5.67 Å². The van der Waals surface area contributed by atoms with Crippen LogP contribution in [0.1, 0.15) is 12.5 Å². The minimum absolute atomic E-state index is 0.157. The molecule has 3 N–H and O–H groups in total. The molecule has 15 heavy (non-hydrogen) atoms. The van der Waals surface area contributed by atoms with E-state index in [1.54, 1.807) is 0 Å². The number of hydrogen-bond donors (Lipinski definition) is 2. The van der Waals surface area contributed by atoms with E-state index < -0.39 is 5.67 Å². The van der Waals surface area contributed by atoms with Crippen molar-refractivity contribution in [3.8, 4) is 11.5 Å². The van der Waals surface area contributed by atoms with Crippen molar-refractivity contribution < 1.29 is 14.2 Å². The third kappa shape index (κ3) is 2.33. The number of hydrogen-bond acceptors (Lipinski definition) is 3. The molecule has 1 rings (SSSR count). The molecular formula is C10H13ClFNO2. The van der Waals surface area contributed by atoms with Gasteiger partial charge in [-0.2, -0.15) is 0 Å². The van der Waals surface area contributed by atoms with Crippen molar-refractivity contribution in [3.63, 3.8) is 0 Å². The Morgan fingerprint density at radius 3 is 2.67 bits per heavy atom. The number of ether oxygens (including phenoxy) is 1. The summed E-state index contributed by atoms with van der Waals surface area (Å²) in [6.07, 6.45) is 0. The van der Waals surface area contributed by atoms with Gasteiger partial charge in [0.05, 0.1) is 12.1 Å². The van der Waals surface area contributed by atoms with E-state index in [9.17, 15) is 9.50 Å². The molecule has 0 aliphatic heterocycles. The van der Waals surface area contributed by atoms with Gasteiger partial charge in [-0.05, 0) is 13.0 Å². The van der Waals surface area contributed by atoms with Gasteiger partial charge in [-0.3, -0.25) is 0 Å². The van der Waals surface area contributed by atoms with E-state index in [4.69, 9.17) is 22.1 Å². The monoisotopic (exact) mass is 233 g/mol. The number of halogens is 2. The average Bonchev–Trinajstić information content (AvgIpc) is 2.20. The number of phenols is 1. The highest BCUT2D eigenvalue weighted by molar-refractivity contribution is 6.31. The first-order valence-corrected chi connectivity index (χ1v) is 4.76. The second-order valence-corrected chi connectivity index (χ2v) is 3.81. The maximum atomic E-state index is 13.9. The third-order valence-electron chi connectivity index (χ3n) is 2.21. The van der Waals surface area contributed by atoms with Gasteiger partial charge in [0.25, 0.3) is 0 Å². The van der Waals surface area contributed by atoms with Crippen LogP contribution in [0.3, 0.4) is 0 Å². The van der Waals surface area contributed by atoms with Crippen molar-refractivity contribution >= 4 is 11.6 Å². The number of aromatic hydroxyl groups is 1. The van der Waals surface area contributed by atoms with Gasteiger partial charge in [0.15, 0.2) is 11.5 Å². The first-order valence-electron chi connectivity index (χ1n) is 4.38. The largest absolute Gasteiger partial charge is 0.504 e. The Bertz CT molecular complexity index is 369. The summed E-state index contributed by atoms with van der Waals surface area (Å²) < 4.78 is 18.7. The van der Waals surface area contributed by atoms with Crippen molar-refractivity contribution in [1.29, 1.82) is 0 Å². The number of nitrogens with two attached hydrogens (primary N) is 1. The fourth-order valence-electron chi connectivity index (χ4n) is 1.22. The van der Waals surface area contributed by atoms with Crippen LogP contribution >= 0.6 is 11.6 Å². The van der Waals surface area contributed by atoms with Crippen molar-refractivity contribution in [1.82, 2.24) is 0 Å². The van der Waals surface area contributed by atoms with Crippen LogP contribution in [0, 0.1) is 0 Å². The molecule has 0 aromatic heterocycles. The van der Waals surface area contributed by atoms with E-state index in [0.29, 0.717) is 0 Å². The van der Waals surface area contributed by atoms with Crippen molar-refractivity contribution in [2.75, 3.05) is 13.7 Å². The highest BCUT2D eigenvalue weighted by Gasteiger charge is 2.28. The second kappa shape index (κ2) is 4.24. The molecule has 0 fully saturated rings. The highest BCUT2D eigenvalue weighted by Crippen LogP contribution is 2.38. The van der Waals surface area contributed by atoms with Gasteiger partial charge >= 0.3 is 0 Å². The van der Waals surface area contributed by atoms with Crippen molar-refractivity contribution in [2.45, 2.75) is 12.6 Å². The van der Waals surface area contributed by atoms with Crippen molar-refractivity contribution in [3.05, 3.63) is 22.7 Å². The zero-order valence-corrected chi connectivity index (χ0v) is 9.31. The van der Waals surface area contributed by atoms with Crippen LogP contribution < -0.4 is 10.5 Å². The molecule has 1 unspecified atom stereocenters. The molecule has 0 spiro atoms. The molecule has 0 radical (unpaired) electrons. The van der Waals surface area contributed by atoms with Crippen molar-refractivity contribution in [2.24, 2.45) is 5.73 Å². The van der Waals surface area contributed by atoms with E-state index >= 15 is 0 Å². The maximum absolute atomic E-state index is 13.9. The Labute approximate surface area is 92.6 Å². The number of benzene rings is 1. The van der Waals surface area contributed by atoms with E-state index in [1.165, 1.54) is 26.2 Å². The van der Waals surface area contributed by atoms with Gasteiger partial charge < -0.3 is 15.6 Å².